The second-order valence-corrected chi connectivity index (χ2v) is 5.22. The number of aromatic nitrogens is 2. The second kappa shape index (κ2) is 7.88. The molecular weight excluding hydrogens is 262 g/mol. The molecule has 0 saturated carbocycles. The van der Waals surface area contributed by atoms with Gasteiger partial charge in [-0.1, -0.05) is 24.9 Å². The molecule has 5 heteroatoms. The summed E-state index contributed by atoms with van der Waals surface area (Å²) in [5, 5.41) is 8.46. The number of nitrogens with zero attached hydrogens (tertiary/aromatic N) is 2. The highest BCUT2D eigenvalue weighted by molar-refractivity contribution is 6.30. The molecule has 2 unspecified atom stereocenters. The van der Waals surface area contributed by atoms with Gasteiger partial charge < -0.3 is 10.1 Å². The van der Waals surface area contributed by atoms with Gasteiger partial charge in [-0.25, -0.2) is 0 Å². The van der Waals surface area contributed by atoms with Crippen LogP contribution in [0.2, 0.25) is 5.15 Å². The first-order valence-corrected chi connectivity index (χ1v) is 7.39. The maximum atomic E-state index is 6.31. The normalized spacial score (nSPS) is 14.6. The van der Waals surface area contributed by atoms with E-state index < -0.39 is 0 Å². The van der Waals surface area contributed by atoms with Crippen LogP contribution in [0.4, 0.5) is 0 Å². The zero-order chi connectivity index (χ0) is 14.4. The fraction of sp³-hybridized carbons (Fsp3) is 0.786. The number of hydrogen-bond donors (Lipinski definition) is 1. The fourth-order valence-electron chi connectivity index (χ4n) is 2.44. The van der Waals surface area contributed by atoms with Gasteiger partial charge in [0.05, 0.1) is 11.8 Å². The van der Waals surface area contributed by atoms with Crippen LogP contribution >= 0.6 is 11.6 Å². The SMILES string of the molecule is CCCC(OCC)C(Cc1c(C)nn(C)c1Cl)NC. The van der Waals surface area contributed by atoms with Crippen LogP contribution < -0.4 is 5.32 Å². The van der Waals surface area contributed by atoms with Crippen molar-refractivity contribution in [3.8, 4) is 0 Å². The molecule has 0 fully saturated rings. The molecule has 0 spiro atoms. The van der Waals surface area contributed by atoms with Gasteiger partial charge in [0.15, 0.2) is 0 Å². The van der Waals surface area contributed by atoms with Crippen molar-refractivity contribution in [3.05, 3.63) is 16.4 Å². The third-order valence-electron chi connectivity index (χ3n) is 3.47. The van der Waals surface area contributed by atoms with E-state index in [0.29, 0.717) is 0 Å². The largest absolute Gasteiger partial charge is 0.377 e. The Morgan fingerprint density at radius 3 is 2.53 bits per heavy atom. The zero-order valence-electron chi connectivity index (χ0n) is 12.7. The first-order chi connectivity index (χ1) is 9.04. The van der Waals surface area contributed by atoms with Crippen molar-refractivity contribution in [3.63, 3.8) is 0 Å². The van der Waals surface area contributed by atoms with Gasteiger partial charge in [0, 0.05) is 25.3 Å². The first kappa shape index (κ1) is 16.5. The Balaban J connectivity index is 2.84. The summed E-state index contributed by atoms with van der Waals surface area (Å²) in [6, 6.07) is 0.264. The molecule has 1 N–H and O–H groups in total. The minimum Gasteiger partial charge on any atom is -0.377 e. The summed E-state index contributed by atoms with van der Waals surface area (Å²) < 4.78 is 7.59. The van der Waals surface area contributed by atoms with E-state index in [1.807, 2.05) is 27.9 Å². The summed E-state index contributed by atoms with van der Waals surface area (Å²) in [6.07, 6.45) is 3.23. The van der Waals surface area contributed by atoms with Gasteiger partial charge in [-0.15, -0.1) is 0 Å². The zero-order valence-corrected chi connectivity index (χ0v) is 13.4. The molecule has 110 valence electrons. The topological polar surface area (TPSA) is 39.1 Å². The minimum absolute atomic E-state index is 0.218. The lowest BCUT2D eigenvalue weighted by Crippen LogP contribution is -2.41. The molecule has 0 radical (unpaired) electrons. The third kappa shape index (κ3) is 4.20. The van der Waals surface area contributed by atoms with Crippen molar-refractivity contribution in [2.75, 3.05) is 13.7 Å². The summed E-state index contributed by atoms with van der Waals surface area (Å²) >= 11 is 6.31. The molecule has 2 atom stereocenters. The summed E-state index contributed by atoms with van der Waals surface area (Å²) in [4.78, 5) is 0. The van der Waals surface area contributed by atoms with Crippen LogP contribution in [0.3, 0.4) is 0 Å². The minimum atomic E-state index is 0.218. The van der Waals surface area contributed by atoms with E-state index in [2.05, 4.69) is 17.3 Å². The molecular formula is C14H26ClN3O. The van der Waals surface area contributed by atoms with E-state index in [1.165, 1.54) is 0 Å². The number of likely N-dealkylation sites (N-methyl/N-ethyl adjacent to an activating group) is 1. The predicted octanol–water partition coefficient (Wildman–Crippen LogP) is 2.72. The van der Waals surface area contributed by atoms with Crippen molar-refractivity contribution < 1.29 is 4.74 Å². The summed E-state index contributed by atoms with van der Waals surface area (Å²) in [5.41, 5.74) is 2.11. The Labute approximate surface area is 121 Å². The van der Waals surface area contributed by atoms with Crippen LogP contribution in [0.5, 0.6) is 0 Å². The second-order valence-electron chi connectivity index (χ2n) is 4.86. The molecule has 0 aromatic carbocycles. The molecule has 1 heterocycles. The van der Waals surface area contributed by atoms with E-state index in [9.17, 15) is 0 Å². The first-order valence-electron chi connectivity index (χ1n) is 7.01. The van der Waals surface area contributed by atoms with E-state index in [-0.39, 0.29) is 12.1 Å². The van der Waals surface area contributed by atoms with Crippen molar-refractivity contribution in [1.82, 2.24) is 15.1 Å². The fourth-order valence-corrected chi connectivity index (χ4v) is 2.70. The highest BCUT2D eigenvalue weighted by atomic mass is 35.5. The highest BCUT2D eigenvalue weighted by Gasteiger charge is 2.23. The van der Waals surface area contributed by atoms with Gasteiger partial charge in [0.1, 0.15) is 5.15 Å². The smallest absolute Gasteiger partial charge is 0.130 e. The van der Waals surface area contributed by atoms with Crippen LogP contribution in [0, 0.1) is 6.92 Å². The Morgan fingerprint density at radius 1 is 1.42 bits per heavy atom. The van der Waals surface area contributed by atoms with Crippen molar-refractivity contribution >= 4 is 11.6 Å². The number of nitrogens with one attached hydrogen (secondary N) is 1. The highest BCUT2D eigenvalue weighted by Crippen LogP contribution is 2.22. The van der Waals surface area contributed by atoms with Crippen LogP contribution in [0.15, 0.2) is 0 Å². The lowest BCUT2D eigenvalue weighted by Gasteiger charge is -2.26. The van der Waals surface area contributed by atoms with E-state index in [4.69, 9.17) is 16.3 Å². The molecule has 0 aliphatic rings. The molecule has 1 aromatic rings. The maximum Gasteiger partial charge on any atom is 0.130 e. The maximum absolute atomic E-state index is 6.31. The van der Waals surface area contributed by atoms with Gasteiger partial charge >= 0.3 is 0 Å². The van der Waals surface area contributed by atoms with Gasteiger partial charge in [0.2, 0.25) is 0 Å². The van der Waals surface area contributed by atoms with Crippen LogP contribution in [-0.2, 0) is 18.2 Å². The Morgan fingerprint density at radius 2 is 2.11 bits per heavy atom. The standard InChI is InChI=1S/C14H26ClN3O/c1-6-8-13(19-7-2)12(16-4)9-11-10(3)17-18(5)14(11)15/h12-13,16H,6-9H2,1-5H3. The van der Waals surface area contributed by atoms with Crippen LogP contribution in [0.25, 0.3) is 0 Å². The number of rotatable bonds is 8. The number of aryl methyl sites for hydroxylation is 2. The van der Waals surface area contributed by atoms with Gasteiger partial charge in [-0.05, 0) is 33.7 Å². The molecule has 19 heavy (non-hydrogen) atoms. The molecule has 1 aromatic heterocycles. The molecule has 0 aliphatic heterocycles. The quantitative estimate of drug-likeness (QED) is 0.799. The summed E-state index contributed by atoms with van der Waals surface area (Å²) in [7, 11) is 3.85. The van der Waals surface area contributed by atoms with E-state index >= 15 is 0 Å². The van der Waals surface area contributed by atoms with Crippen molar-refractivity contribution in [2.45, 2.75) is 52.2 Å². The molecule has 0 amide bonds. The van der Waals surface area contributed by atoms with E-state index in [1.54, 1.807) is 4.68 Å². The number of halogens is 1. The van der Waals surface area contributed by atoms with Gasteiger partial charge in [0.25, 0.3) is 0 Å². The van der Waals surface area contributed by atoms with Gasteiger partial charge in [-0.2, -0.15) is 5.10 Å². The monoisotopic (exact) mass is 287 g/mol. The van der Waals surface area contributed by atoms with Crippen molar-refractivity contribution in [1.29, 1.82) is 0 Å². The Kier molecular flexibility index (Phi) is 6.83. The lowest BCUT2D eigenvalue weighted by molar-refractivity contribution is 0.0300. The summed E-state index contributed by atoms with van der Waals surface area (Å²) in [6.45, 7) is 6.96. The molecule has 1 rings (SSSR count). The predicted molar refractivity (Wildman–Crippen MR) is 79.8 cm³/mol. The average molecular weight is 288 g/mol. The Hall–Kier alpha value is -0.580. The molecule has 4 nitrogen and oxygen atoms in total. The Bertz CT molecular complexity index is 386. The van der Waals surface area contributed by atoms with Crippen LogP contribution in [0.1, 0.15) is 37.9 Å². The van der Waals surface area contributed by atoms with Crippen LogP contribution in [-0.4, -0.2) is 35.6 Å². The van der Waals surface area contributed by atoms with Gasteiger partial charge in [-0.3, -0.25) is 4.68 Å². The number of hydrogen-bond acceptors (Lipinski definition) is 3. The molecule has 0 aliphatic carbocycles. The average Bonchev–Trinajstić information content (AvgIpc) is 2.61. The van der Waals surface area contributed by atoms with Crippen molar-refractivity contribution in [2.24, 2.45) is 7.05 Å². The molecule has 0 bridgehead atoms. The number of ether oxygens (including phenoxy) is 1. The third-order valence-corrected chi connectivity index (χ3v) is 3.94. The lowest BCUT2D eigenvalue weighted by atomic mass is 9.99. The molecule has 0 saturated heterocycles. The summed E-state index contributed by atoms with van der Waals surface area (Å²) in [5.74, 6) is 0. The van der Waals surface area contributed by atoms with E-state index in [0.717, 1.165) is 42.3 Å².